The number of carbonyl (C=O) groups excluding carboxylic acids is 6. The van der Waals surface area contributed by atoms with E-state index in [2.05, 4.69) is 39.2 Å². The third-order valence-corrected chi connectivity index (χ3v) is 8.20. The van der Waals surface area contributed by atoms with Crippen molar-refractivity contribution in [1.82, 2.24) is 26.6 Å². The Morgan fingerprint density at radius 2 is 1.47 bits per heavy atom. The highest BCUT2D eigenvalue weighted by Crippen LogP contribution is 2.11. The van der Waals surface area contributed by atoms with E-state index in [4.69, 9.17) is 5.73 Å². The van der Waals surface area contributed by atoms with Gasteiger partial charge in [-0.3, -0.25) is 34.1 Å². The minimum Gasteiger partial charge on any atom is -0.368 e. The number of carbonyl (C=O) groups is 6. The molecule has 1 fully saturated rings. The van der Waals surface area contributed by atoms with E-state index in [1.807, 2.05) is 74.5 Å². The van der Waals surface area contributed by atoms with E-state index >= 15 is 0 Å². The van der Waals surface area contributed by atoms with Gasteiger partial charge in [0.2, 0.25) is 29.5 Å². The summed E-state index contributed by atoms with van der Waals surface area (Å²) in [5.41, 5.74) is 7.21. The molecular formula is C36H48N6O6S. The van der Waals surface area contributed by atoms with E-state index in [1.165, 1.54) is 0 Å². The van der Waals surface area contributed by atoms with Gasteiger partial charge in [0, 0.05) is 19.3 Å². The number of amides is 5. The molecule has 2 aromatic carbocycles. The second-order valence-corrected chi connectivity index (χ2v) is 13.0. The van der Waals surface area contributed by atoms with Crippen LogP contribution in [0.15, 0.2) is 72.8 Å². The van der Waals surface area contributed by atoms with Crippen LogP contribution < -0.4 is 32.3 Å². The topological polar surface area (TPSA) is 189 Å². The molecule has 0 aliphatic carbocycles. The van der Waals surface area contributed by atoms with Crippen LogP contribution in [0.2, 0.25) is 0 Å². The number of ketones is 1. The molecule has 5 amide bonds. The minimum absolute atomic E-state index is 0.0635. The second kappa shape index (κ2) is 20.1. The lowest BCUT2D eigenvalue weighted by Gasteiger charge is -2.24. The van der Waals surface area contributed by atoms with Crippen LogP contribution in [0.4, 0.5) is 0 Å². The monoisotopic (exact) mass is 692 g/mol. The van der Waals surface area contributed by atoms with Crippen molar-refractivity contribution in [3.05, 3.63) is 83.9 Å². The van der Waals surface area contributed by atoms with Crippen LogP contribution in [0.3, 0.4) is 0 Å². The van der Waals surface area contributed by atoms with Crippen molar-refractivity contribution in [3.8, 4) is 0 Å². The fourth-order valence-electron chi connectivity index (χ4n) is 5.43. The molecule has 0 aromatic heterocycles. The second-order valence-electron chi connectivity index (χ2n) is 12.6. The lowest BCUT2D eigenvalue weighted by molar-refractivity contribution is -0.131. The molecule has 49 heavy (non-hydrogen) atoms. The van der Waals surface area contributed by atoms with Crippen LogP contribution in [0.1, 0.15) is 50.7 Å². The number of benzene rings is 2. The maximum Gasteiger partial charge on any atom is 0.243 e. The van der Waals surface area contributed by atoms with E-state index in [0.29, 0.717) is 18.6 Å². The van der Waals surface area contributed by atoms with Crippen LogP contribution in [-0.4, -0.2) is 77.8 Å². The van der Waals surface area contributed by atoms with Gasteiger partial charge in [-0.05, 0) is 42.1 Å². The van der Waals surface area contributed by atoms with E-state index in [-0.39, 0.29) is 43.9 Å². The number of nitrogens with one attached hydrogen (secondary N) is 5. The first-order chi connectivity index (χ1) is 23.4. The standard InChI is InChI=1S/C36H48N6O6S/c1-23(2)18-30(36(48)41-28(16-17-49)33(37)45)40-32(44)15-9-14-26(19-24-10-5-3-6-11-24)39-35(47)31(20-25-12-7-4-8-13-25)42-34(46)29-21-27(43)22-38-29/h3-14,23,26,28-31,38,49H,15-22H2,1-2H3,(H2,37,45)(H,39,47)(H,40,44)(H,41,48)(H,42,46)/b14-9+/t26-,28+,29+,30+,31+/m1/s1. The predicted octanol–water partition coefficient (Wildman–Crippen LogP) is 1.14. The van der Waals surface area contributed by atoms with Crippen LogP contribution in [0, 0.1) is 5.92 Å². The molecule has 1 aliphatic rings. The number of primary amides is 1. The van der Waals surface area contributed by atoms with Gasteiger partial charge in [-0.2, -0.15) is 12.6 Å². The zero-order chi connectivity index (χ0) is 35.8. The first-order valence-electron chi connectivity index (χ1n) is 16.5. The third kappa shape index (κ3) is 13.9. The highest BCUT2D eigenvalue weighted by atomic mass is 32.1. The fourth-order valence-corrected chi connectivity index (χ4v) is 5.69. The average molecular weight is 693 g/mol. The normalized spacial score (nSPS) is 16.8. The Morgan fingerprint density at radius 1 is 0.857 bits per heavy atom. The summed E-state index contributed by atoms with van der Waals surface area (Å²) >= 11 is 4.12. The van der Waals surface area contributed by atoms with Crippen molar-refractivity contribution in [2.45, 2.75) is 82.6 Å². The fraction of sp³-hybridized carbons (Fsp3) is 0.444. The van der Waals surface area contributed by atoms with Crippen molar-refractivity contribution in [1.29, 1.82) is 0 Å². The summed E-state index contributed by atoms with van der Waals surface area (Å²) < 4.78 is 0. The first kappa shape index (κ1) is 39.0. The van der Waals surface area contributed by atoms with Gasteiger partial charge in [-0.1, -0.05) is 86.7 Å². The Bertz CT molecular complexity index is 1450. The van der Waals surface area contributed by atoms with Gasteiger partial charge in [0.15, 0.2) is 0 Å². The molecule has 0 radical (unpaired) electrons. The van der Waals surface area contributed by atoms with Gasteiger partial charge in [0.05, 0.1) is 18.6 Å². The summed E-state index contributed by atoms with van der Waals surface area (Å²) in [6.45, 7) is 3.94. The Kier molecular flexibility index (Phi) is 16.0. The summed E-state index contributed by atoms with van der Waals surface area (Å²) in [6, 6.07) is 14.9. The first-order valence-corrected chi connectivity index (χ1v) is 17.2. The highest BCUT2D eigenvalue weighted by molar-refractivity contribution is 7.80. The Morgan fingerprint density at radius 3 is 2.02 bits per heavy atom. The van der Waals surface area contributed by atoms with Gasteiger partial charge in [0.1, 0.15) is 23.9 Å². The molecule has 2 aromatic rings. The van der Waals surface area contributed by atoms with E-state index in [0.717, 1.165) is 11.1 Å². The lowest BCUT2D eigenvalue weighted by Crippen LogP contribution is -2.54. The van der Waals surface area contributed by atoms with Gasteiger partial charge >= 0.3 is 0 Å². The van der Waals surface area contributed by atoms with Crippen LogP contribution >= 0.6 is 12.6 Å². The average Bonchev–Trinajstić information content (AvgIpc) is 3.50. The maximum atomic E-state index is 13.8. The zero-order valence-electron chi connectivity index (χ0n) is 28.0. The summed E-state index contributed by atoms with van der Waals surface area (Å²) in [4.78, 5) is 76.4. The lowest BCUT2D eigenvalue weighted by atomic mass is 10.0. The number of rotatable bonds is 19. The molecule has 3 rings (SSSR count). The van der Waals surface area contributed by atoms with E-state index in [9.17, 15) is 28.8 Å². The third-order valence-electron chi connectivity index (χ3n) is 7.94. The number of thiol groups is 1. The molecule has 0 spiro atoms. The number of nitrogens with two attached hydrogens (primary N) is 1. The molecule has 1 saturated heterocycles. The smallest absolute Gasteiger partial charge is 0.243 e. The number of hydrogen-bond donors (Lipinski definition) is 7. The summed E-state index contributed by atoms with van der Waals surface area (Å²) in [5.74, 6) is -2.10. The van der Waals surface area contributed by atoms with Crippen LogP contribution in [0.5, 0.6) is 0 Å². The highest BCUT2D eigenvalue weighted by Gasteiger charge is 2.31. The molecule has 0 unspecified atom stereocenters. The quantitative estimate of drug-likeness (QED) is 0.0849. The zero-order valence-corrected chi connectivity index (χ0v) is 28.9. The van der Waals surface area contributed by atoms with Gasteiger partial charge < -0.3 is 27.0 Å². The summed E-state index contributed by atoms with van der Waals surface area (Å²) in [7, 11) is 0. The number of hydrogen-bond acceptors (Lipinski definition) is 8. The van der Waals surface area contributed by atoms with Crippen LogP contribution in [-0.2, 0) is 41.6 Å². The predicted molar refractivity (Wildman–Crippen MR) is 190 cm³/mol. The molecule has 12 nitrogen and oxygen atoms in total. The molecule has 1 heterocycles. The minimum atomic E-state index is -0.926. The van der Waals surface area contributed by atoms with Gasteiger partial charge in [0.25, 0.3) is 0 Å². The molecular weight excluding hydrogens is 644 g/mol. The SMILES string of the molecule is CC(C)C[C@H](NC(=O)C/C=C/[C@H](Cc1ccccc1)NC(=O)[C@H](Cc1ccccc1)NC(=O)[C@@H]1CC(=O)CN1)C(=O)N[C@@H](CCS)C(N)=O. The Hall–Kier alpha value is -4.49. The molecule has 5 atom stereocenters. The summed E-state index contributed by atoms with van der Waals surface area (Å²) in [6.07, 6.45) is 4.57. The molecule has 7 N–H and O–H groups in total. The molecule has 13 heteroatoms. The Balaban J connectivity index is 1.73. The van der Waals surface area contributed by atoms with Crippen LogP contribution in [0.25, 0.3) is 0 Å². The van der Waals surface area contributed by atoms with Crippen molar-refractivity contribution >= 4 is 47.9 Å². The van der Waals surface area contributed by atoms with Crippen molar-refractivity contribution < 1.29 is 28.8 Å². The van der Waals surface area contributed by atoms with Crippen molar-refractivity contribution in [2.75, 3.05) is 12.3 Å². The van der Waals surface area contributed by atoms with Crippen molar-refractivity contribution in [2.24, 2.45) is 11.7 Å². The molecule has 0 bridgehead atoms. The Labute approximate surface area is 293 Å². The molecule has 1 aliphatic heterocycles. The van der Waals surface area contributed by atoms with E-state index in [1.54, 1.807) is 12.2 Å². The van der Waals surface area contributed by atoms with Crippen molar-refractivity contribution in [3.63, 3.8) is 0 Å². The summed E-state index contributed by atoms with van der Waals surface area (Å²) in [5, 5.41) is 14.1. The van der Waals surface area contributed by atoms with Gasteiger partial charge in [-0.25, -0.2) is 0 Å². The van der Waals surface area contributed by atoms with Gasteiger partial charge in [-0.15, -0.1) is 0 Å². The van der Waals surface area contributed by atoms with E-state index < -0.39 is 59.7 Å². The largest absolute Gasteiger partial charge is 0.368 e. The molecule has 264 valence electrons. The molecule has 0 saturated carbocycles. The number of Topliss-reactive ketones (excluding diaryl/α,β-unsaturated/α-hetero) is 1. The maximum absolute atomic E-state index is 13.8.